The third kappa shape index (κ3) is 1.83. The van der Waals surface area contributed by atoms with Gasteiger partial charge in [0.25, 0.3) is 0 Å². The van der Waals surface area contributed by atoms with E-state index < -0.39 is 0 Å². The maximum Gasteiger partial charge on any atom is 0.167 e. The number of benzene rings is 1. The normalized spacial score (nSPS) is 17.3. The van der Waals surface area contributed by atoms with Crippen molar-refractivity contribution in [2.24, 2.45) is 5.29 Å². The highest BCUT2D eigenvalue weighted by atomic mass is 19.1. The Balaban J connectivity index is 1.90. The van der Waals surface area contributed by atoms with E-state index >= 15 is 0 Å². The van der Waals surface area contributed by atoms with Crippen LogP contribution in [0.5, 0.6) is 0 Å². The largest absolute Gasteiger partial charge is 0.356 e. The average molecular weight is 249 g/mol. The molecule has 0 spiro atoms. The van der Waals surface area contributed by atoms with Crippen LogP contribution in [0.4, 0.5) is 4.39 Å². The molecule has 1 aliphatic rings. The molecule has 18 heavy (non-hydrogen) atoms. The molecule has 94 valence electrons. The summed E-state index contributed by atoms with van der Waals surface area (Å²) in [5.74, 6) is -0.0926. The number of rotatable bonds is 2. The van der Waals surface area contributed by atoms with Crippen molar-refractivity contribution in [1.82, 2.24) is 10.2 Å². The number of piperidine rings is 1. The van der Waals surface area contributed by atoms with E-state index in [-0.39, 0.29) is 11.7 Å². The Labute approximate surface area is 102 Å². The first kappa shape index (κ1) is 11.1. The van der Waals surface area contributed by atoms with Crippen molar-refractivity contribution in [2.45, 2.75) is 18.8 Å². The van der Waals surface area contributed by atoms with Gasteiger partial charge in [0, 0.05) is 24.4 Å². The van der Waals surface area contributed by atoms with Crippen molar-refractivity contribution in [3.63, 3.8) is 0 Å². The van der Waals surface area contributed by atoms with E-state index in [0.717, 1.165) is 23.9 Å². The van der Waals surface area contributed by atoms with Gasteiger partial charge in [0.1, 0.15) is 5.82 Å². The summed E-state index contributed by atoms with van der Waals surface area (Å²) >= 11 is 0. The monoisotopic (exact) mass is 249 g/mol. The maximum atomic E-state index is 13.2. The Hall–Kier alpha value is -1.98. The highest BCUT2D eigenvalue weighted by Gasteiger charge is 2.25. The molecule has 0 unspecified atom stereocenters. The number of hydrogen-bond donors (Lipinski definition) is 0. The highest BCUT2D eigenvalue weighted by Crippen LogP contribution is 2.32. The van der Waals surface area contributed by atoms with Crippen LogP contribution in [0.15, 0.2) is 28.0 Å². The van der Waals surface area contributed by atoms with Gasteiger partial charge in [-0.25, -0.2) is 4.39 Å². The van der Waals surface area contributed by atoms with Gasteiger partial charge in [-0.3, -0.25) is 5.01 Å². The van der Waals surface area contributed by atoms with Gasteiger partial charge in [-0.15, -0.1) is 4.91 Å². The smallest absolute Gasteiger partial charge is 0.167 e. The second-order valence-corrected chi connectivity index (χ2v) is 4.52. The summed E-state index contributed by atoms with van der Waals surface area (Å²) in [4.78, 5) is 10.4. The van der Waals surface area contributed by atoms with Gasteiger partial charge >= 0.3 is 0 Å². The zero-order valence-corrected chi connectivity index (χ0v) is 9.67. The van der Waals surface area contributed by atoms with E-state index in [9.17, 15) is 9.30 Å². The summed E-state index contributed by atoms with van der Waals surface area (Å²) in [5.41, 5.74) is 1.39. The first-order chi connectivity index (χ1) is 8.78. The zero-order valence-electron chi connectivity index (χ0n) is 9.67. The lowest BCUT2D eigenvalue weighted by Gasteiger charge is -2.26. The molecule has 6 heteroatoms. The van der Waals surface area contributed by atoms with Gasteiger partial charge in [0.15, 0.2) is 5.58 Å². The molecule has 3 rings (SSSR count). The Kier molecular flexibility index (Phi) is 2.70. The van der Waals surface area contributed by atoms with Crippen LogP contribution < -0.4 is 0 Å². The molecule has 0 bridgehead atoms. The molecule has 1 aromatic heterocycles. The SMILES string of the molecule is O=NN1CCC(c2noc3ccc(F)cc23)CC1. The molecular weight excluding hydrogens is 237 g/mol. The zero-order chi connectivity index (χ0) is 12.5. The number of halogens is 1. The Bertz CT molecular complexity index is 576. The molecule has 0 amide bonds. The Morgan fingerprint density at radius 3 is 2.89 bits per heavy atom. The molecule has 1 aromatic carbocycles. The first-order valence-corrected chi connectivity index (χ1v) is 5.91. The minimum absolute atomic E-state index is 0.200. The molecule has 0 saturated carbocycles. The fourth-order valence-electron chi connectivity index (χ4n) is 2.44. The average Bonchev–Trinajstić information content (AvgIpc) is 2.82. The number of hydrogen-bond acceptors (Lipinski definition) is 4. The van der Waals surface area contributed by atoms with Gasteiger partial charge in [-0.1, -0.05) is 5.16 Å². The predicted molar refractivity (Wildman–Crippen MR) is 63.3 cm³/mol. The maximum absolute atomic E-state index is 13.2. The minimum Gasteiger partial charge on any atom is -0.356 e. The Morgan fingerprint density at radius 1 is 1.39 bits per heavy atom. The standard InChI is InChI=1S/C12H12FN3O2/c13-9-1-2-11-10(7-9)12(14-18-11)8-3-5-16(15-17)6-4-8/h1-2,7-8H,3-6H2. The van der Waals surface area contributed by atoms with Crippen molar-refractivity contribution in [3.8, 4) is 0 Å². The summed E-state index contributed by atoms with van der Waals surface area (Å²) in [5, 5.41) is 9.19. The van der Waals surface area contributed by atoms with Gasteiger partial charge in [-0.05, 0) is 31.0 Å². The first-order valence-electron chi connectivity index (χ1n) is 5.91. The van der Waals surface area contributed by atoms with E-state index in [1.165, 1.54) is 17.1 Å². The third-order valence-corrected chi connectivity index (χ3v) is 3.43. The van der Waals surface area contributed by atoms with Crippen molar-refractivity contribution < 1.29 is 8.91 Å². The molecule has 0 N–H and O–H groups in total. The summed E-state index contributed by atoms with van der Waals surface area (Å²) in [6.07, 6.45) is 1.56. The number of aromatic nitrogens is 1. The number of fused-ring (bicyclic) bond motifs is 1. The van der Waals surface area contributed by atoms with Crippen molar-refractivity contribution in [3.05, 3.63) is 34.6 Å². The van der Waals surface area contributed by atoms with Crippen LogP contribution in [0.2, 0.25) is 0 Å². The lowest BCUT2D eigenvalue weighted by molar-refractivity contribution is 0.215. The van der Waals surface area contributed by atoms with Crippen LogP contribution in [0, 0.1) is 10.7 Å². The van der Waals surface area contributed by atoms with E-state index in [0.29, 0.717) is 18.7 Å². The molecular formula is C12H12FN3O2. The fraction of sp³-hybridized carbons (Fsp3) is 0.417. The molecule has 2 heterocycles. The van der Waals surface area contributed by atoms with Crippen LogP contribution in [-0.4, -0.2) is 23.3 Å². The quantitative estimate of drug-likeness (QED) is 0.768. The lowest BCUT2D eigenvalue weighted by Crippen LogP contribution is -2.28. The Morgan fingerprint density at radius 2 is 2.17 bits per heavy atom. The summed E-state index contributed by atoms with van der Waals surface area (Å²) in [6.45, 7) is 1.22. The summed E-state index contributed by atoms with van der Waals surface area (Å²) in [6, 6.07) is 4.39. The summed E-state index contributed by atoms with van der Waals surface area (Å²) in [7, 11) is 0. The summed E-state index contributed by atoms with van der Waals surface area (Å²) < 4.78 is 18.4. The van der Waals surface area contributed by atoms with Crippen LogP contribution in [-0.2, 0) is 0 Å². The second-order valence-electron chi connectivity index (χ2n) is 4.52. The van der Waals surface area contributed by atoms with Gasteiger partial charge in [0.05, 0.1) is 11.0 Å². The van der Waals surface area contributed by atoms with E-state index in [1.54, 1.807) is 6.07 Å². The molecule has 1 aliphatic heterocycles. The van der Waals surface area contributed by atoms with Gasteiger partial charge < -0.3 is 4.52 Å². The topological polar surface area (TPSA) is 58.7 Å². The molecule has 5 nitrogen and oxygen atoms in total. The number of nitroso groups, excluding NO2 is 1. The molecule has 0 atom stereocenters. The van der Waals surface area contributed by atoms with Gasteiger partial charge in [0.2, 0.25) is 0 Å². The molecule has 0 aliphatic carbocycles. The molecule has 2 aromatic rings. The fourth-order valence-corrected chi connectivity index (χ4v) is 2.44. The van der Waals surface area contributed by atoms with Crippen molar-refractivity contribution in [2.75, 3.05) is 13.1 Å². The number of nitrogens with zero attached hydrogens (tertiary/aromatic N) is 3. The van der Waals surface area contributed by atoms with Crippen LogP contribution >= 0.6 is 0 Å². The van der Waals surface area contributed by atoms with Crippen molar-refractivity contribution in [1.29, 1.82) is 0 Å². The van der Waals surface area contributed by atoms with Crippen LogP contribution in [0.1, 0.15) is 24.5 Å². The molecule has 1 saturated heterocycles. The van der Waals surface area contributed by atoms with E-state index in [1.807, 2.05) is 0 Å². The van der Waals surface area contributed by atoms with Crippen LogP contribution in [0.25, 0.3) is 11.0 Å². The second kappa shape index (κ2) is 4.36. The van der Waals surface area contributed by atoms with Crippen molar-refractivity contribution >= 4 is 11.0 Å². The minimum atomic E-state index is -0.293. The predicted octanol–water partition coefficient (Wildman–Crippen LogP) is 2.83. The lowest BCUT2D eigenvalue weighted by atomic mass is 9.92. The molecule has 0 radical (unpaired) electrons. The highest BCUT2D eigenvalue weighted by molar-refractivity contribution is 5.79. The van der Waals surface area contributed by atoms with Gasteiger partial charge in [-0.2, -0.15) is 0 Å². The molecule has 1 fully saturated rings. The van der Waals surface area contributed by atoms with Crippen LogP contribution in [0.3, 0.4) is 0 Å². The van der Waals surface area contributed by atoms with E-state index in [2.05, 4.69) is 10.4 Å². The van der Waals surface area contributed by atoms with E-state index in [4.69, 9.17) is 4.52 Å². The third-order valence-electron chi connectivity index (χ3n) is 3.43.